The van der Waals surface area contributed by atoms with Gasteiger partial charge in [-0.25, -0.2) is 8.42 Å². The van der Waals surface area contributed by atoms with Crippen LogP contribution in [-0.2, 0) is 10.0 Å². The van der Waals surface area contributed by atoms with Crippen LogP contribution in [0.15, 0.2) is 39.1 Å². The molecule has 0 saturated heterocycles. The maximum atomic E-state index is 12.6. The largest absolute Gasteiger partial charge is 0.349 e. The molecule has 1 aromatic carbocycles. The van der Waals surface area contributed by atoms with Crippen molar-refractivity contribution in [3.63, 3.8) is 0 Å². The monoisotopic (exact) mass is 419 g/mol. The molecule has 3 rings (SSSR count). The van der Waals surface area contributed by atoms with Crippen LogP contribution in [0.1, 0.15) is 27.5 Å². The van der Waals surface area contributed by atoms with Crippen LogP contribution >= 0.6 is 11.3 Å². The van der Waals surface area contributed by atoms with Crippen molar-refractivity contribution in [2.24, 2.45) is 0 Å². The minimum atomic E-state index is -3.73. The number of hydrogen-bond acceptors (Lipinski definition) is 7. The maximum Gasteiger partial charge on any atom is 0.338 e. The van der Waals surface area contributed by atoms with Gasteiger partial charge in [-0.05, 0) is 68.3 Å². The zero-order valence-electron chi connectivity index (χ0n) is 15.3. The number of nitro groups is 1. The molecule has 0 aliphatic heterocycles. The second-order valence-corrected chi connectivity index (χ2v) is 9.16. The number of rotatable bonds is 6. The Morgan fingerprint density at radius 3 is 2.57 bits per heavy atom. The molecule has 2 heterocycles. The topological polar surface area (TPSA) is 115 Å². The van der Waals surface area contributed by atoms with Crippen molar-refractivity contribution in [2.45, 2.75) is 25.0 Å². The Hall–Kier alpha value is -2.98. The molecule has 0 radical (unpaired) electrons. The fourth-order valence-corrected chi connectivity index (χ4v) is 4.73. The maximum absolute atomic E-state index is 12.6. The van der Waals surface area contributed by atoms with E-state index in [0.29, 0.717) is 10.6 Å². The standard InChI is InChI=1S/C18H17N3O5S2/c1-11-4-5-14(10-12(11)2)20-28(24,25)17-9-7-15(27-17)6-8-16-18(21(22)23)13(3)19-26-16/h4-10,20H,1-3H3/b8-6+. The highest BCUT2D eigenvalue weighted by Gasteiger charge is 2.22. The van der Waals surface area contributed by atoms with Crippen LogP contribution in [0.25, 0.3) is 12.2 Å². The zero-order valence-corrected chi connectivity index (χ0v) is 16.9. The molecule has 0 bridgehead atoms. The van der Waals surface area contributed by atoms with Crippen molar-refractivity contribution in [3.8, 4) is 0 Å². The first-order valence-corrected chi connectivity index (χ1v) is 10.5. The summed E-state index contributed by atoms with van der Waals surface area (Å²) in [6.07, 6.45) is 2.95. The van der Waals surface area contributed by atoms with Crippen LogP contribution in [0, 0.1) is 30.9 Å². The number of anilines is 1. The molecule has 0 spiro atoms. The Morgan fingerprint density at radius 1 is 1.14 bits per heavy atom. The van der Waals surface area contributed by atoms with Crippen molar-refractivity contribution in [1.82, 2.24) is 5.16 Å². The molecule has 0 unspecified atom stereocenters. The molecule has 10 heteroatoms. The van der Waals surface area contributed by atoms with E-state index >= 15 is 0 Å². The summed E-state index contributed by atoms with van der Waals surface area (Å²) in [6.45, 7) is 5.34. The molecular formula is C18H17N3O5S2. The SMILES string of the molecule is Cc1ccc(NS(=O)(=O)c2ccc(/C=C/c3onc(C)c3[N+](=O)[O-])s2)cc1C. The quantitative estimate of drug-likeness (QED) is 0.463. The van der Waals surface area contributed by atoms with Gasteiger partial charge >= 0.3 is 5.69 Å². The van der Waals surface area contributed by atoms with E-state index in [1.54, 1.807) is 24.3 Å². The normalized spacial score (nSPS) is 11.8. The fraction of sp³-hybridized carbons (Fsp3) is 0.167. The van der Waals surface area contributed by atoms with Crippen LogP contribution in [0.5, 0.6) is 0 Å². The molecule has 146 valence electrons. The Labute approximate surface area is 165 Å². The van der Waals surface area contributed by atoms with Gasteiger partial charge in [0.1, 0.15) is 4.21 Å². The predicted molar refractivity (Wildman–Crippen MR) is 108 cm³/mol. The molecule has 0 atom stereocenters. The van der Waals surface area contributed by atoms with Crippen LogP contribution in [0.4, 0.5) is 11.4 Å². The van der Waals surface area contributed by atoms with Gasteiger partial charge in [0.2, 0.25) is 5.76 Å². The number of thiophene rings is 1. The van der Waals surface area contributed by atoms with Crippen molar-refractivity contribution in [1.29, 1.82) is 0 Å². The predicted octanol–water partition coefficient (Wildman–Crippen LogP) is 4.54. The molecule has 0 saturated carbocycles. The molecular weight excluding hydrogens is 402 g/mol. The highest BCUT2D eigenvalue weighted by atomic mass is 32.2. The Morgan fingerprint density at radius 2 is 1.89 bits per heavy atom. The third-order valence-electron chi connectivity index (χ3n) is 4.06. The van der Waals surface area contributed by atoms with E-state index < -0.39 is 14.9 Å². The number of hydrogen-bond donors (Lipinski definition) is 1. The molecule has 0 fully saturated rings. The Kier molecular flexibility index (Phi) is 5.34. The molecule has 8 nitrogen and oxygen atoms in total. The summed E-state index contributed by atoms with van der Waals surface area (Å²) in [5, 5.41) is 14.6. The molecule has 0 aliphatic carbocycles. The van der Waals surface area contributed by atoms with Gasteiger partial charge in [0.05, 0.1) is 4.92 Å². The lowest BCUT2D eigenvalue weighted by Crippen LogP contribution is -2.11. The van der Waals surface area contributed by atoms with Crippen molar-refractivity contribution in [3.05, 3.63) is 67.9 Å². The van der Waals surface area contributed by atoms with Gasteiger partial charge < -0.3 is 4.52 Å². The van der Waals surface area contributed by atoms with Crippen LogP contribution < -0.4 is 4.72 Å². The zero-order chi connectivity index (χ0) is 20.5. The first-order valence-electron chi connectivity index (χ1n) is 8.16. The lowest BCUT2D eigenvalue weighted by Gasteiger charge is -2.08. The van der Waals surface area contributed by atoms with Gasteiger partial charge in [0.15, 0.2) is 5.69 Å². The second-order valence-electron chi connectivity index (χ2n) is 6.13. The summed E-state index contributed by atoms with van der Waals surface area (Å²) in [6, 6.07) is 8.42. The molecule has 0 amide bonds. The Balaban J connectivity index is 1.81. The van der Waals surface area contributed by atoms with E-state index in [9.17, 15) is 18.5 Å². The van der Waals surface area contributed by atoms with E-state index in [4.69, 9.17) is 4.52 Å². The Bertz CT molecular complexity index is 1180. The van der Waals surface area contributed by atoms with E-state index in [1.165, 1.54) is 19.1 Å². The number of sulfonamides is 1. The summed E-state index contributed by atoms with van der Waals surface area (Å²) in [4.78, 5) is 11.1. The lowest BCUT2D eigenvalue weighted by molar-refractivity contribution is -0.386. The minimum Gasteiger partial charge on any atom is -0.349 e. The average molecular weight is 419 g/mol. The first-order chi connectivity index (χ1) is 13.2. The smallest absolute Gasteiger partial charge is 0.338 e. The van der Waals surface area contributed by atoms with Crippen molar-refractivity contribution < 1.29 is 17.9 Å². The fourth-order valence-electron chi connectivity index (χ4n) is 2.45. The number of nitrogens with one attached hydrogen (secondary N) is 1. The average Bonchev–Trinajstić information content (AvgIpc) is 3.23. The van der Waals surface area contributed by atoms with Gasteiger partial charge in [0, 0.05) is 10.6 Å². The minimum absolute atomic E-state index is 0.00793. The number of benzene rings is 1. The summed E-state index contributed by atoms with van der Waals surface area (Å²) >= 11 is 1.04. The van der Waals surface area contributed by atoms with E-state index in [0.717, 1.165) is 22.5 Å². The van der Waals surface area contributed by atoms with E-state index in [2.05, 4.69) is 9.88 Å². The van der Waals surface area contributed by atoms with Gasteiger partial charge in [-0.1, -0.05) is 11.2 Å². The number of aryl methyl sites for hydroxylation is 3. The number of nitrogens with zero attached hydrogens (tertiary/aromatic N) is 2. The van der Waals surface area contributed by atoms with Crippen molar-refractivity contribution in [2.75, 3.05) is 4.72 Å². The summed E-state index contributed by atoms with van der Waals surface area (Å²) in [5.41, 5.74) is 2.51. The summed E-state index contributed by atoms with van der Waals surface area (Å²) < 4.78 is 32.8. The van der Waals surface area contributed by atoms with Gasteiger partial charge in [0.25, 0.3) is 10.0 Å². The second kappa shape index (κ2) is 7.56. The lowest BCUT2D eigenvalue weighted by atomic mass is 10.1. The van der Waals surface area contributed by atoms with Gasteiger partial charge in [-0.2, -0.15) is 0 Å². The van der Waals surface area contributed by atoms with Crippen LogP contribution in [0.2, 0.25) is 0 Å². The van der Waals surface area contributed by atoms with Crippen LogP contribution in [-0.4, -0.2) is 18.5 Å². The first kappa shape index (κ1) is 19.8. The highest BCUT2D eigenvalue weighted by molar-refractivity contribution is 7.94. The molecule has 0 aliphatic rings. The van der Waals surface area contributed by atoms with E-state index in [-0.39, 0.29) is 21.4 Å². The van der Waals surface area contributed by atoms with E-state index in [1.807, 2.05) is 19.9 Å². The molecule has 28 heavy (non-hydrogen) atoms. The molecule has 1 N–H and O–H groups in total. The molecule has 3 aromatic rings. The van der Waals surface area contributed by atoms with Gasteiger partial charge in [-0.3, -0.25) is 14.8 Å². The number of aromatic nitrogens is 1. The highest BCUT2D eigenvalue weighted by Crippen LogP contribution is 2.28. The van der Waals surface area contributed by atoms with Gasteiger partial charge in [-0.15, -0.1) is 11.3 Å². The molecule has 2 aromatic heterocycles. The van der Waals surface area contributed by atoms with Crippen molar-refractivity contribution >= 4 is 44.9 Å². The third-order valence-corrected chi connectivity index (χ3v) is 6.99. The summed E-state index contributed by atoms with van der Waals surface area (Å²) in [5.74, 6) is 0.00793. The summed E-state index contributed by atoms with van der Waals surface area (Å²) in [7, 11) is -3.73. The third kappa shape index (κ3) is 4.12. The van der Waals surface area contributed by atoms with Crippen LogP contribution in [0.3, 0.4) is 0 Å².